The zero-order valence-corrected chi connectivity index (χ0v) is 42.9. The number of esters is 1. The molecule has 18 atom stereocenters. The van der Waals surface area contributed by atoms with Crippen molar-refractivity contribution in [2.45, 2.75) is 230 Å². The quantitative estimate of drug-likeness (QED) is 0.120. The molecule has 1 aliphatic carbocycles. The number of carbonyl (C=O) groups is 4. The van der Waals surface area contributed by atoms with E-state index in [0.717, 1.165) is 25.7 Å². The minimum absolute atomic E-state index is 0.0360. The Morgan fingerprint density at radius 1 is 0.866 bits per heavy atom. The number of rotatable bonds is 14. The van der Waals surface area contributed by atoms with Gasteiger partial charge in [-0.2, -0.15) is 0 Å². The fraction of sp³-hybridized carbons (Fsp3) is 0.918. The van der Waals surface area contributed by atoms with Crippen molar-refractivity contribution in [3.8, 4) is 0 Å². The normalized spacial score (nSPS) is 42.1. The molecular weight excluding hydrogens is 871 g/mol. The molecule has 0 unspecified atom stereocenters. The van der Waals surface area contributed by atoms with Crippen LogP contribution in [0.5, 0.6) is 0 Å². The van der Waals surface area contributed by atoms with Crippen molar-refractivity contribution in [3.63, 3.8) is 0 Å². The van der Waals surface area contributed by atoms with Crippen molar-refractivity contribution in [1.82, 2.24) is 15.5 Å². The van der Waals surface area contributed by atoms with E-state index >= 15 is 0 Å². The number of alkyl carbamates (subject to hydrolysis) is 1. The molecule has 0 spiro atoms. The Kier molecular flexibility index (Phi) is 20.9. The highest BCUT2D eigenvalue weighted by Crippen LogP contribution is 2.42. The van der Waals surface area contributed by atoms with Crippen LogP contribution in [0.2, 0.25) is 0 Å². The maximum Gasteiger partial charge on any atom is 0.407 e. The summed E-state index contributed by atoms with van der Waals surface area (Å²) in [6.07, 6.45) is -4.03. The molecule has 18 nitrogen and oxygen atoms in total. The molecule has 2 amide bonds. The third-order valence-corrected chi connectivity index (χ3v) is 15.3. The highest BCUT2D eigenvalue weighted by Gasteiger charge is 2.55. The molecule has 3 saturated heterocycles. The molecule has 4 rings (SSSR count). The Labute approximate surface area is 399 Å². The fourth-order valence-corrected chi connectivity index (χ4v) is 10.9. The summed E-state index contributed by atoms with van der Waals surface area (Å²) in [6.45, 7) is 17.2. The van der Waals surface area contributed by atoms with Crippen molar-refractivity contribution >= 4 is 23.8 Å². The van der Waals surface area contributed by atoms with Crippen molar-refractivity contribution < 1.29 is 72.4 Å². The lowest BCUT2D eigenvalue weighted by atomic mass is 9.74. The third-order valence-electron chi connectivity index (χ3n) is 15.3. The van der Waals surface area contributed by atoms with E-state index in [1.807, 2.05) is 32.8 Å². The van der Waals surface area contributed by atoms with Gasteiger partial charge in [0.1, 0.15) is 29.2 Å². The SMILES string of the molecule is CC[C@H]1OC(=O)[C@H](C)[C@@H](O[C@H]2C[C@@](C)(OC)[C@@H](OC(=O)NCCCC(=O)NC3CCCCC3)[C@H](C)O2)[C@H](C)[C@@H](O[C@@H]2O[C@H](C)C[C@H](N(C)C)[C@H]2O)[C@](C)(OC)C[C@@H](C)C(=O)[C@H](C)[C@@H](O)[C@]1(C)O. The average molecular weight is 958 g/mol. The van der Waals surface area contributed by atoms with Crippen molar-refractivity contribution in [2.24, 2.45) is 23.7 Å². The molecule has 4 aliphatic rings. The predicted molar refractivity (Wildman–Crippen MR) is 248 cm³/mol. The van der Waals surface area contributed by atoms with E-state index in [1.54, 1.807) is 48.5 Å². The van der Waals surface area contributed by atoms with Gasteiger partial charge in [-0.3, -0.25) is 14.4 Å². The summed E-state index contributed by atoms with van der Waals surface area (Å²) < 4.78 is 50.9. The summed E-state index contributed by atoms with van der Waals surface area (Å²) in [4.78, 5) is 56.3. The monoisotopic (exact) mass is 958 g/mol. The molecule has 5 N–H and O–H groups in total. The van der Waals surface area contributed by atoms with Gasteiger partial charge in [0.05, 0.1) is 42.0 Å². The number of ether oxygens (including phenoxy) is 8. The topological polar surface area (TPSA) is 230 Å². The number of amides is 2. The molecule has 0 radical (unpaired) electrons. The van der Waals surface area contributed by atoms with Crippen LogP contribution >= 0.6 is 0 Å². The minimum atomic E-state index is -2.01. The Bertz CT molecular complexity index is 1610. The number of hydrogen-bond donors (Lipinski definition) is 5. The molecule has 3 aliphatic heterocycles. The average Bonchev–Trinajstić information content (AvgIpc) is 3.28. The Morgan fingerprint density at radius 2 is 1.49 bits per heavy atom. The highest BCUT2D eigenvalue weighted by atomic mass is 16.7. The van der Waals surface area contributed by atoms with E-state index in [-0.39, 0.29) is 62.1 Å². The lowest BCUT2D eigenvalue weighted by molar-refractivity contribution is -0.319. The van der Waals surface area contributed by atoms with Crippen molar-refractivity contribution in [2.75, 3.05) is 34.9 Å². The standard InChI is InChI=1S/C49H87N3O15/c1-15-35-49(10,59)41(56)29(4)38(54)27(2)25-47(8,60-13)42(66-45-39(55)34(52(11)12)24-28(3)62-45)30(5)40(31(6)44(57)64-35)65-37-26-48(9,61-14)43(32(7)63-37)67-46(58)50-23-19-22-36(53)51-33-20-17-16-18-21-33/h27-35,37,39-43,45,55-56,59H,15-26H2,1-14H3,(H,50,58)(H,51,53)/t27-,28-,29+,30+,31-,32+,34+,35-,37+,39-,40+,41-,42-,43+,45+,47-,48-,49-/m1/s1. The predicted octanol–water partition coefficient (Wildman–Crippen LogP) is 4.40. The summed E-state index contributed by atoms with van der Waals surface area (Å²) in [5.74, 6) is -4.79. The first-order valence-corrected chi connectivity index (χ1v) is 24.8. The number of methoxy groups -OCH3 is 2. The largest absolute Gasteiger partial charge is 0.459 e. The van der Waals surface area contributed by atoms with Gasteiger partial charge in [0.25, 0.3) is 0 Å². The number of aliphatic hydroxyl groups is 3. The summed E-state index contributed by atoms with van der Waals surface area (Å²) in [6, 6.07) is -0.111. The van der Waals surface area contributed by atoms with Gasteiger partial charge in [-0.25, -0.2) is 4.79 Å². The summed E-state index contributed by atoms with van der Waals surface area (Å²) >= 11 is 0. The number of Topliss-reactive ketones (excluding diaryl/α,β-unsaturated/α-hetero) is 1. The third kappa shape index (κ3) is 14.1. The number of aliphatic hydroxyl groups excluding tert-OH is 2. The van der Waals surface area contributed by atoms with E-state index in [1.165, 1.54) is 27.6 Å². The minimum Gasteiger partial charge on any atom is -0.459 e. The first-order valence-electron chi connectivity index (χ1n) is 24.8. The van der Waals surface area contributed by atoms with Crippen LogP contribution in [0, 0.1) is 23.7 Å². The molecule has 1 saturated carbocycles. The van der Waals surface area contributed by atoms with Crippen molar-refractivity contribution in [1.29, 1.82) is 0 Å². The van der Waals surface area contributed by atoms with E-state index in [0.29, 0.717) is 12.8 Å². The zero-order chi connectivity index (χ0) is 50.2. The highest BCUT2D eigenvalue weighted by molar-refractivity contribution is 5.83. The van der Waals surface area contributed by atoms with Gasteiger partial charge in [0, 0.05) is 63.4 Å². The Balaban J connectivity index is 1.66. The van der Waals surface area contributed by atoms with Gasteiger partial charge < -0.3 is 68.7 Å². The van der Waals surface area contributed by atoms with Crippen LogP contribution in [0.15, 0.2) is 0 Å². The number of ketones is 1. The number of cyclic esters (lactones) is 1. The van der Waals surface area contributed by atoms with E-state index in [2.05, 4.69) is 10.6 Å². The van der Waals surface area contributed by atoms with E-state index in [4.69, 9.17) is 37.9 Å². The summed E-state index contributed by atoms with van der Waals surface area (Å²) in [5.41, 5.74) is -4.48. The lowest BCUT2D eigenvalue weighted by Crippen LogP contribution is -2.62. The summed E-state index contributed by atoms with van der Waals surface area (Å²) in [7, 11) is 6.74. The van der Waals surface area contributed by atoms with E-state index in [9.17, 15) is 34.5 Å². The van der Waals surface area contributed by atoms with Crippen LogP contribution < -0.4 is 10.6 Å². The zero-order valence-electron chi connectivity index (χ0n) is 42.9. The van der Waals surface area contributed by atoms with Crippen LogP contribution in [0.1, 0.15) is 140 Å². The summed E-state index contributed by atoms with van der Waals surface area (Å²) in [5, 5.41) is 41.0. The van der Waals surface area contributed by atoms with Crippen LogP contribution in [0.3, 0.4) is 0 Å². The number of nitrogens with one attached hydrogen (secondary N) is 2. The van der Waals surface area contributed by atoms with Crippen molar-refractivity contribution in [3.05, 3.63) is 0 Å². The smallest absolute Gasteiger partial charge is 0.407 e. The second-order valence-electron chi connectivity index (χ2n) is 20.9. The molecular formula is C49H87N3O15. The maximum absolute atomic E-state index is 14.5. The van der Waals surface area contributed by atoms with Crippen LogP contribution in [-0.2, 0) is 52.3 Å². The molecule has 18 heteroatoms. The van der Waals surface area contributed by atoms with Crippen LogP contribution in [0.4, 0.5) is 4.79 Å². The molecule has 3 heterocycles. The van der Waals surface area contributed by atoms with Crippen LogP contribution in [-0.4, -0.2) is 169 Å². The second kappa shape index (κ2) is 24.5. The molecule has 4 fully saturated rings. The maximum atomic E-state index is 14.5. The van der Waals surface area contributed by atoms with E-state index < -0.39 is 108 Å². The first kappa shape index (κ1) is 57.1. The number of nitrogens with zero attached hydrogens (tertiary/aromatic N) is 1. The van der Waals surface area contributed by atoms with Crippen LogP contribution in [0.25, 0.3) is 0 Å². The number of carbonyl (C=O) groups excluding carboxylic acids is 4. The molecule has 388 valence electrons. The second-order valence-corrected chi connectivity index (χ2v) is 20.9. The lowest BCUT2D eigenvalue weighted by Gasteiger charge is -2.50. The molecule has 0 aromatic rings. The molecule has 0 aromatic heterocycles. The van der Waals surface area contributed by atoms with Gasteiger partial charge in [-0.05, 0) is 94.2 Å². The number of hydrogen-bond acceptors (Lipinski definition) is 16. The van der Waals surface area contributed by atoms with Gasteiger partial charge in [0.15, 0.2) is 18.7 Å². The fourth-order valence-electron chi connectivity index (χ4n) is 10.9. The number of likely N-dealkylation sites (N-methyl/N-ethyl adjacent to an activating group) is 1. The van der Waals surface area contributed by atoms with Gasteiger partial charge in [-0.1, -0.05) is 47.0 Å². The van der Waals surface area contributed by atoms with Gasteiger partial charge >= 0.3 is 12.1 Å². The first-order chi connectivity index (χ1) is 31.3. The molecule has 67 heavy (non-hydrogen) atoms. The Hall–Kier alpha value is -2.52. The Morgan fingerprint density at radius 3 is 2.09 bits per heavy atom. The molecule has 0 aromatic carbocycles. The van der Waals surface area contributed by atoms with Gasteiger partial charge in [0.2, 0.25) is 5.91 Å². The van der Waals surface area contributed by atoms with Gasteiger partial charge in [-0.15, -0.1) is 0 Å². The molecule has 0 bridgehead atoms.